The molecule has 2 N–H and O–H groups in total. The van der Waals surface area contributed by atoms with E-state index >= 15 is 0 Å². The third kappa shape index (κ3) is 4.70. The Bertz CT molecular complexity index is 309. The lowest BCUT2D eigenvalue weighted by Gasteiger charge is -2.21. The van der Waals surface area contributed by atoms with Crippen molar-refractivity contribution >= 4 is 12.0 Å². The number of ether oxygens (including phenoxy) is 1. The van der Waals surface area contributed by atoms with Crippen molar-refractivity contribution in [2.24, 2.45) is 0 Å². The molecule has 0 aromatic carbocycles. The summed E-state index contributed by atoms with van der Waals surface area (Å²) in [7, 11) is 1.54. The molecule has 0 aliphatic carbocycles. The van der Waals surface area contributed by atoms with Gasteiger partial charge in [-0.1, -0.05) is 26.2 Å². The lowest BCUT2D eigenvalue weighted by Crippen LogP contribution is -2.46. The SMILES string of the molecule is CCCCCCNC(=O)N1CC(OC)CC1C(=O)O. The van der Waals surface area contributed by atoms with Crippen molar-refractivity contribution in [1.29, 1.82) is 0 Å². The number of carboxylic acid groups (broad SMARTS) is 1. The van der Waals surface area contributed by atoms with Crippen LogP contribution in [0.3, 0.4) is 0 Å². The normalized spacial score (nSPS) is 22.5. The van der Waals surface area contributed by atoms with Gasteiger partial charge in [0.05, 0.1) is 6.10 Å². The monoisotopic (exact) mass is 272 g/mol. The van der Waals surface area contributed by atoms with Gasteiger partial charge in [0.1, 0.15) is 6.04 Å². The van der Waals surface area contributed by atoms with E-state index in [2.05, 4.69) is 12.2 Å². The van der Waals surface area contributed by atoms with Crippen LogP contribution in [0.2, 0.25) is 0 Å². The molecule has 0 saturated carbocycles. The molecule has 2 unspecified atom stereocenters. The second kappa shape index (κ2) is 7.99. The molecular weight excluding hydrogens is 248 g/mol. The van der Waals surface area contributed by atoms with Crippen molar-refractivity contribution in [1.82, 2.24) is 10.2 Å². The van der Waals surface area contributed by atoms with Crippen LogP contribution >= 0.6 is 0 Å². The van der Waals surface area contributed by atoms with Crippen molar-refractivity contribution in [3.05, 3.63) is 0 Å². The number of carboxylic acids is 1. The van der Waals surface area contributed by atoms with Crippen LogP contribution in [0.5, 0.6) is 0 Å². The molecule has 2 amide bonds. The first-order valence-electron chi connectivity index (χ1n) is 6.90. The third-order valence-corrected chi connectivity index (χ3v) is 3.45. The summed E-state index contributed by atoms with van der Waals surface area (Å²) in [5, 5.41) is 11.9. The van der Waals surface area contributed by atoms with Crippen molar-refractivity contribution in [2.75, 3.05) is 20.2 Å². The van der Waals surface area contributed by atoms with Gasteiger partial charge in [-0.05, 0) is 6.42 Å². The summed E-state index contributed by atoms with van der Waals surface area (Å²) >= 11 is 0. The molecule has 0 aromatic heterocycles. The van der Waals surface area contributed by atoms with E-state index in [0.717, 1.165) is 25.7 Å². The molecule has 0 bridgehead atoms. The molecule has 1 fully saturated rings. The topological polar surface area (TPSA) is 78.9 Å². The van der Waals surface area contributed by atoms with Gasteiger partial charge in [-0.2, -0.15) is 0 Å². The number of carbonyl (C=O) groups excluding carboxylic acids is 1. The lowest BCUT2D eigenvalue weighted by atomic mass is 10.2. The number of rotatable bonds is 7. The molecule has 6 nitrogen and oxygen atoms in total. The second-order valence-corrected chi connectivity index (χ2v) is 4.89. The Morgan fingerprint density at radius 2 is 2.11 bits per heavy atom. The van der Waals surface area contributed by atoms with Crippen LogP contribution < -0.4 is 5.32 Å². The van der Waals surface area contributed by atoms with Crippen molar-refractivity contribution < 1.29 is 19.4 Å². The van der Waals surface area contributed by atoms with Crippen LogP contribution in [-0.2, 0) is 9.53 Å². The van der Waals surface area contributed by atoms with Gasteiger partial charge in [0.2, 0.25) is 0 Å². The van der Waals surface area contributed by atoms with E-state index in [0.29, 0.717) is 19.5 Å². The van der Waals surface area contributed by atoms with Crippen LogP contribution in [0.15, 0.2) is 0 Å². The molecule has 2 atom stereocenters. The maximum atomic E-state index is 12.0. The Morgan fingerprint density at radius 3 is 2.68 bits per heavy atom. The summed E-state index contributed by atoms with van der Waals surface area (Å²) in [4.78, 5) is 24.4. The fourth-order valence-corrected chi connectivity index (χ4v) is 2.28. The van der Waals surface area contributed by atoms with E-state index in [4.69, 9.17) is 9.84 Å². The van der Waals surface area contributed by atoms with Crippen molar-refractivity contribution in [2.45, 2.75) is 51.2 Å². The average molecular weight is 272 g/mol. The maximum absolute atomic E-state index is 12.0. The van der Waals surface area contributed by atoms with Gasteiger partial charge in [-0.15, -0.1) is 0 Å². The van der Waals surface area contributed by atoms with Crippen LogP contribution in [0.4, 0.5) is 4.79 Å². The molecule has 1 aliphatic rings. The van der Waals surface area contributed by atoms with Gasteiger partial charge in [-0.3, -0.25) is 0 Å². The number of nitrogens with one attached hydrogen (secondary N) is 1. The van der Waals surface area contributed by atoms with Crippen LogP contribution in [0, 0.1) is 0 Å². The quantitative estimate of drug-likeness (QED) is 0.688. The summed E-state index contributed by atoms with van der Waals surface area (Å²) < 4.78 is 5.14. The van der Waals surface area contributed by atoms with Crippen molar-refractivity contribution in [3.63, 3.8) is 0 Å². The highest BCUT2D eigenvalue weighted by Gasteiger charge is 2.39. The molecule has 1 aliphatic heterocycles. The number of nitrogens with zero attached hydrogens (tertiary/aromatic N) is 1. The molecule has 1 saturated heterocycles. The first-order chi connectivity index (χ1) is 9.10. The maximum Gasteiger partial charge on any atom is 0.326 e. The van der Waals surface area contributed by atoms with Crippen LogP contribution in [-0.4, -0.2) is 54.4 Å². The fraction of sp³-hybridized carbons (Fsp3) is 0.846. The largest absolute Gasteiger partial charge is 0.480 e. The van der Waals surface area contributed by atoms with E-state index in [9.17, 15) is 9.59 Å². The minimum absolute atomic E-state index is 0.188. The van der Waals surface area contributed by atoms with E-state index < -0.39 is 12.0 Å². The summed E-state index contributed by atoms with van der Waals surface area (Å²) in [6.45, 7) is 3.07. The molecule has 1 rings (SSSR count). The minimum atomic E-state index is -0.972. The van der Waals surface area contributed by atoms with Crippen LogP contribution in [0.1, 0.15) is 39.0 Å². The first-order valence-corrected chi connectivity index (χ1v) is 6.90. The molecule has 19 heavy (non-hydrogen) atoms. The number of unbranched alkanes of at least 4 members (excludes halogenated alkanes) is 3. The van der Waals surface area contributed by atoms with E-state index in [-0.39, 0.29) is 12.1 Å². The standard InChI is InChI=1S/C13H24N2O4/c1-3-4-5-6-7-14-13(18)15-9-10(19-2)8-11(15)12(16)17/h10-11H,3-9H2,1-2H3,(H,14,18)(H,16,17). The van der Waals surface area contributed by atoms with Gasteiger partial charge in [0.15, 0.2) is 0 Å². The number of methoxy groups -OCH3 is 1. The predicted molar refractivity (Wildman–Crippen MR) is 71.1 cm³/mol. The Labute approximate surface area is 114 Å². The number of amides is 2. The Balaban J connectivity index is 2.39. The van der Waals surface area contributed by atoms with Gasteiger partial charge >= 0.3 is 12.0 Å². The number of urea groups is 1. The van der Waals surface area contributed by atoms with E-state index in [1.54, 1.807) is 0 Å². The fourth-order valence-electron chi connectivity index (χ4n) is 2.28. The minimum Gasteiger partial charge on any atom is -0.480 e. The molecule has 1 heterocycles. The molecule has 110 valence electrons. The van der Waals surface area contributed by atoms with Gasteiger partial charge in [-0.25, -0.2) is 9.59 Å². The lowest BCUT2D eigenvalue weighted by molar-refractivity contribution is -0.141. The summed E-state index contributed by atoms with van der Waals surface area (Å²) in [5.74, 6) is -0.972. The first kappa shape index (κ1) is 15.8. The smallest absolute Gasteiger partial charge is 0.326 e. The van der Waals surface area contributed by atoms with Gasteiger partial charge in [0.25, 0.3) is 0 Å². The highest BCUT2D eigenvalue weighted by atomic mass is 16.5. The van der Waals surface area contributed by atoms with E-state index in [1.165, 1.54) is 12.0 Å². The third-order valence-electron chi connectivity index (χ3n) is 3.45. The van der Waals surface area contributed by atoms with E-state index in [1.807, 2.05) is 0 Å². The molecular formula is C13H24N2O4. The predicted octanol–water partition coefficient (Wildman–Crippen LogP) is 1.45. The van der Waals surface area contributed by atoms with Gasteiger partial charge in [0, 0.05) is 26.6 Å². The van der Waals surface area contributed by atoms with Crippen LogP contribution in [0.25, 0.3) is 0 Å². The zero-order valence-corrected chi connectivity index (χ0v) is 11.7. The summed E-state index contributed by atoms with van der Waals surface area (Å²) in [5.41, 5.74) is 0. The number of aliphatic carboxylic acids is 1. The zero-order valence-electron chi connectivity index (χ0n) is 11.7. The Morgan fingerprint density at radius 1 is 1.37 bits per heavy atom. The average Bonchev–Trinajstić information content (AvgIpc) is 2.82. The number of hydrogen-bond acceptors (Lipinski definition) is 3. The Kier molecular flexibility index (Phi) is 6.62. The molecule has 6 heteroatoms. The Hall–Kier alpha value is -1.30. The van der Waals surface area contributed by atoms with Gasteiger partial charge < -0.3 is 20.1 Å². The second-order valence-electron chi connectivity index (χ2n) is 4.89. The number of carbonyl (C=O) groups is 2. The zero-order chi connectivity index (χ0) is 14.3. The molecule has 0 radical (unpaired) electrons. The summed E-state index contributed by atoms with van der Waals surface area (Å²) in [6, 6.07) is -1.08. The highest BCUT2D eigenvalue weighted by molar-refractivity contribution is 5.83. The summed E-state index contributed by atoms with van der Waals surface area (Å²) in [6.07, 6.45) is 4.49. The van der Waals surface area contributed by atoms with Crippen molar-refractivity contribution in [3.8, 4) is 0 Å². The highest BCUT2D eigenvalue weighted by Crippen LogP contribution is 2.20. The molecule has 0 spiro atoms. The molecule has 0 aromatic rings. The number of likely N-dealkylation sites (tertiary alicyclic amines) is 1. The number of hydrogen-bond donors (Lipinski definition) is 2.